The molecule has 0 spiro atoms. The number of nitrogens with one attached hydrogen (secondary N) is 2. The Morgan fingerprint density at radius 1 is 1.30 bits per heavy atom. The van der Waals surface area contributed by atoms with Crippen LogP contribution in [0.2, 0.25) is 5.02 Å². The lowest BCUT2D eigenvalue weighted by molar-refractivity contribution is -0.116. The number of hydrogen-bond donors (Lipinski definition) is 3. The molecule has 1 aliphatic carbocycles. The number of fused-ring (bicyclic) bond motifs is 1. The van der Waals surface area contributed by atoms with Gasteiger partial charge in [-0.3, -0.25) is 4.79 Å². The minimum absolute atomic E-state index is 0.0135. The highest BCUT2D eigenvalue weighted by Crippen LogP contribution is 2.55. The molecule has 198 valence electrons. The summed E-state index contributed by atoms with van der Waals surface area (Å²) in [5.74, 6) is -1.51. The van der Waals surface area contributed by atoms with Crippen molar-refractivity contribution in [3.8, 4) is 5.75 Å². The predicted molar refractivity (Wildman–Crippen MR) is 139 cm³/mol. The first kappa shape index (κ1) is 27.3. The number of aliphatic hydroxyl groups excluding tert-OH is 1. The summed E-state index contributed by atoms with van der Waals surface area (Å²) in [6, 6.07) is 10.7. The summed E-state index contributed by atoms with van der Waals surface area (Å²) >= 11 is 6.56. The van der Waals surface area contributed by atoms with E-state index in [-0.39, 0.29) is 34.1 Å². The number of likely N-dealkylation sites (N-methyl/N-ethyl adjacent to an activating group) is 2. The smallest absolute Gasteiger partial charge is 0.251 e. The third-order valence-electron chi connectivity index (χ3n) is 6.93. The van der Waals surface area contributed by atoms with E-state index in [9.17, 15) is 9.90 Å². The molecule has 0 radical (unpaired) electrons. The fourth-order valence-electron chi connectivity index (χ4n) is 5.18. The van der Waals surface area contributed by atoms with Crippen LogP contribution in [0.1, 0.15) is 36.5 Å². The van der Waals surface area contributed by atoms with E-state index in [4.69, 9.17) is 21.1 Å². The van der Waals surface area contributed by atoms with Gasteiger partial charge in [0.1, 0.15) is 17.7 Å². The van der Waals surface area contributed by atoms with E-state index in [1.807, 2.05) is 37.3 Å². The number of amides is 1. The summed E-state index contributed by atoms with van der Waals surface area (Å²) in [5.41, 5.74) is 0.445. The van der Waals surface area contributed by atoms with Crippen molar-refractivity contribution in [3.63, 3.8) is 0 Å². The van der Waals surface area contributed by atoms with Gasteiger partial charge in [0.05, 0.1) is 17.7 Å². The maximum Gasteiger partial charge on any atom is 0.251 e. The predicted octanol–water partition coefficient (Wildman–Crippen LogP) is 4.26. The third kappa shape index (κ3) is 4.79. The number of hydrogen-bond acceptors (Lipinski definition) is 5. The van der Waals surface area contributed by atoms with Gasteiger partial charge in [0.25, 0.3) is 5.91 Å². The molecule has 9 heteroatoms. The summed E-state index contributed by atoms with van der Waals surface area (Å²) < 4.78 is 43.6. The molecular weight excluding hydrogens is 502 g/mol. The standard InChI is InChI=1S/C28H31ClF2N2O4/c1-15(34)13-36-20-11-10-18(27(35)33-4)23(26(20)31)24-22-16(2)28(14-32-3,17-8-6-5-7-9-17)37-21(22)12-19(30)25(24)29/h5-12,15-16,20,26,32,34H,13-14H2,1-4H3,(H,33,35)/t15-,16-,20?,26?,28-/m0/s1. The van der Waals surface area contributed by atoms with Crippen LogP contribution in [0.4, 0.5) is 8.78 Å². The Bertz CT molecular complexity index is 1230. The first-order valence-electron chi connectivity index (χ1n) is 12.2. The fraction of sp³-hybridized carbons (Fsp3) is 0.393. The zero-order chi connectivity index (χ0) is 26.9. The van der Waals surface area contributed by atoms with Gasteiger partial charge in [-0.1, -0.05) is 61.0 Å². The molecule has 0 fully saturated rings. The van der Waals surface area contributed by atoms with Crippen LogP contribution in [0.25, 0.3) is 5.57 Å². The van der Waals surface area contributed by atoms with Crippen LogP contribution in [0.15, 0.2) is 54.1 Å². The van der Waals surface area contributed by atoms with Gasteiger partial charge in [0, 0.05) is 47.8 Å². The molecule has 4 rings (SSSR count). The number of halogens is 3. The normalized spacial score (nSPS) is 25.6. The number of ether oxygens (including phenoxy) is 2. The largest absolute Gasteiger partial charge is 0.480 e. The van der Waals surface area contributed by atoms with E-state index in [0.29, 0.717) is 12.1 Å². The second-order valence-corrected chi connectivity index (χ2v) is 9.76. The van der Waals surface area contributed by atoms with Gasteiger partial charge < -0.3 is 25.2 Å². The van der Waals surface area contributed by atoms with E-state index in [1.165, 1.54) is 32.2 Å². The van der Waals surface area contributed by atoms with Gasteiger partial charge in [-0.25, -0.2) is 8.78 Å². The average Bonchev–Trinajstić information content (AvgIpc) is 3.16. The van der Waals surface area contributed by atoms with E-state index < -0.39 is 41.6 Å². The quantitative estimate of drug-likeness (QED) is 0.473. The summed E-state index contributed by atoms with van der Waals surface area (Å²) in [5, 5.41) is 15.0. The molecule has 37 heavy (non-hydrogen) atoms. The topological polar surface area (TPSA) is 79.8 Å². The minimum atomic E-state index is -1.86. The van der Waals surface area contributed by atoms with Crippen LogP contribution >= 0.6 is 11.6 Å². The van der Waals surface area contributed by atoms with Crippen LogP contribution in [0.5, 0.6) is 5.75 Å². The molecule has 2 aliphatic rings. The van der Waals surface area contributed by atoms with Crippen LogP contribution in [-0.4, -0.2) is 56.6 Å². The molecule has 5 atom stereocenters. The molecule has 2 aromatic rings. The van der Waals surface area contributed by atoms with Crippen LogP contribution in [0, 0.1) is 5.82 Å². The molecule has 6 nitrogen and oxygen atoms in total. The first-order valence-corrected chi connectivity index (χ1v) is 12.5. The Morgan fingerprint density at radius 2 is 2.00 bits per heavy atom. The van der Waals surface area contributed by atoms with Crippen molar-refractivity contribution in [2.45, 2.75) is 43.7 Å². The third-order valence-corrected chi connectivity index (χ3v) is 7.30. The maximum atomic E-state index is 16.2. The molecular formula is C28H31ClF2N2O4. The van der Waals surface area contributed by atoms with E-state index in [1.54, 1.807) is 7.05 Å². The Hall–Kier alpha value is -2.78. The first-order chi connectivity index (χ1) is 17.7. The molecule has 0 aromatic heterocycles. The summed E-state index contributed by atoms with van der Waals surface area (Å²) in [6.07, 6.45) is -0.923. The fourth-order valence-corrected chi connectivity index (χ4v) is 5.44. The van der Waals surface area contributed by atoms with E-state index in [2.05, 4.69) is 10.6 Å². The molecule has 1 aliphatic heterocycles. The summed E-state index contributed by atoms with van der Waals surface area (Å²) in [7, 11) is 3.22. The number of rotatable bonds is 8. The van der Waals surface area contributed by atoms with Crippen molar-refractivity contribution in [2.75, 3.05) is 27.2 Å². The number of carbonyl (C=O) groups excluding carboxylic acids is 1. The number of aliphatic hydroxyl groups is 1. The van der Waals surface area contributed by atoms with Crippen LogP contribution < -0.4 is 15.4 Å². The van der Waals surface area contributed by atoms with Gasteiger partial charge >= 0.3 is 0 Å². The lowest BCUT2D eigenvalue weighted by Crippen LogP contribution is -2.43. The van der Waals surface area contributed by atoms with Crippen LogP contribution in [0.3, 0.4) is 0 Å². The van der Waals surface area contributed by atoms with Crippen molar-refractivity contribution >= 4 is 23.1 Å². The molecule has 0 bridgehead atoms. The van der Waals surface area contributed by atoms with E-state index >= 15 is 8.78 Å². The van der Waals surface area contributed by atoms with Crippen molar-refractivity contribution in [1.82, 2.24) is 10.6 Å². The van der Waals surface area contributed by atoms with Crippen molar-refractivity contribution in [3.05, 3.63) is 81.7 Å². The minimum Gasteiger partial charge on any atom is -0.480 e. The summed E-state index contributed by atoms with van der Waals surface area (Å²) in [4.78, 5) is 12.9. The molecule has 3 N–H and O–H groups in total. The molecule has 0 saturated heterocycles. The molecule has 2 aromatic carbocycles. The SMILES string of the molecule is CNC[C@]1(c2ccccc2)Oc2cc(F)c(Cl)c(C3=C(C(=O)NC)C=CC(OC[C@H](C)O)C3F)c2[C@@H]1C. The second kappa shape index (κ2) is 10.9. The lowest BCUT2D eigenvalue weighted by Gasteiger charge is -2.34. The van der Waals surface area contributed by atoms with Gasteiger partial charge in [0.15, 0.2) is 11.8 Å². The number of alkyl halides is 1. The number of benzene rings is 2. The van der Waals surface area contributed by atoms with Gasteiger partial charge in [-0.15, -0.1) is 0 Å². The molecule has 2 unspecified atom stereocenters. The molecule has 1 amide bonds. The van der Waals surface area contributed by atoms with E-state index in [0.717, 1.165) is 5.56 Å². The van der Waals surface area contributed by atoms with Crippen molar-refractivity contribution in [1.29, 1.82) is 0 Å². The highest BCUT2D eigenvalue weighted by molar-refractivity contribution is 6.33. The van der Waals surface area contributed by atoms with Crippen molar-refractivity contribution in [2.24, 2.45) is 0 Å². The Morgan fingerprint density at radius 3 is 2.62 bits per heavy atom. The molecule has 0 saturated carbocycles. The maximum absolute atomic E-state index is 16.2. The summed E-state index contributed by atoms with van der Waals surface area (Å²) in [6.45, 7) is 3.70. The number of carbonyl (C=O) groups is 1. The van der Waals surface area contributed by atoms with Crippen LogP contribution in [-0.2, 0) is 15.1 Å². The average molecular weight is 533 g/mol. The second-order valence-electron chi connectivity index (χ2n) is 9.38. The Balaban J connectivity index is 1.95. The van der Waals surface area contributed by atoms with Gasteiger partial charge in [0.2, 0.25) is 0 Å². The van der Waals surface area contributed by atoms with Gasteiger partial charge in [-0.05, 0) is 19.5 Å². The van der Waals surface area contributed by atoms with Gasteiger partial charge in [-0.2, -0.15) is 0 Å². The highest BCUT2D eigenvalue weighted by atomic mass is 35.5. The Kier molecular flexibility index (Phi) is 8.04. The Labute approximate surface area is 220 Å². The van der Waals surface area contributed by atoms with Crippen molar-refractivity contribution < 1.29 is 28.2 Å². The highest BCUT2D eigenvalue weighted by Gasteiger charge is 2.50. The monoisotopic (exact) mass is 532 g/mol. The zero-order valence-electron chi connectivity index (χ0n) is 21.1. The lowest BCUT2D eigenvalue weighted by atomic mass is 9.76. The zero-order valence-corrected chi connectivity index (χ0v) is 21.9. The molecule has 1 heterocycles.